The Balaban J connectivity index is 2.25. The van der Waals surface area contributed by atoms with Gasteiger partial charge in [-0.05, 0) is 38.5 Å². The Morgan fingerprint density at radius 2 is 2.00 bits per heavy atom. The fourth-order valence-corrected chi connectivity index (χ4v) is 1.70. The molecule has 0 aliphatic heterocycles. The quantitative estimate of drug-likeness (QED) is 0.661. The molecule has 1 aliphatic rings. The molecule has 0 unspecified atom stereocenters. The fraction of sp³-hybridized carbons (Fsp3) is 1.00. The van der Waals surface area contributed by atoms with Crippen LogP contribution in [0.25, 0.3) is 0 Å². The largest absolute Gasteiger partial charge is 0.390 e. The molecule has 2 nitrogen and oxygen atoms in total. The smallest absolute Gasteiger partial charge is 0.0620 e. The SMILES string of the molecule is COCC1CCC(C)(O)CC1. The van der Waals surface area contributed by atoms with E-state index in [1.165, 1.54) is 0 Å². The molecule has 0 atom stereocenters. The van der Waals surface area contributed by atoms with Crippen LogP contribution in [0.15, 0.2) is 0 Å². The molecule has 1 N–H and O–H groups in total. The number of rotatable bonds is 2. The highest BCUT2D eigenvalue weighted by atomic mass is 16.5. The van der Waals surface area contributed by atoms with Crippen molar-refractivity contribution >= 4 is 0 Å². The van der Waals surface area contributed by atoms with Crippen molar-refractivity contribution in [1.82, 2.24) is 0 Å². The molecule has 11 heavy (non-hydrogen) atoms. The first-order valence-corrected chi connectivity index (χ1v) is 4.35. The predicted molar refractivity (Wildman–Crippen MR) is 44.5 cm³/mol. The lowest BCUT2D eigenvalue weighted by Gasteiger charge is -2.32. The minimum Gasteiger partial charge on any atom is -0.390 e. The molecular formula is C9H18O2. The lowest BCUT2D eigenvalue weighted by atomic mass is 9.80. The Morgan fingerprint density at radius 1 is 1.45 bits per heavy atom. The minimum absolute atomic E-state index is 0.399. The van der Waals surface area contributed by atoms with Gasteiger partial charge in [0, 0.05) is 13.7 Å². The maximum Gasteiger partial charge on any atom is 0.0620 e. The molecule has 1 aliphatic carbocycles. The highest BCUT2D eigenvalue weighted by Gasteiger charge is 2.28. The summed E-state index contributed by atoms with van der Waals surface area (Å²) in [5, 5.41) is 9.62. The first-order valence-electron chi connectivity index (χ1n) is 4.35. The second-order valence-electron chi connectivity index (χ2n) is 3.90. The zero-order valence-corrected chi connectivity index (χ0v) is 7.47. The van der Waals surface area contributed by atoms with Crippen LogP contribution in [0.4, 0.5) is 0 Å². The van der Waals surface area contributed by atoms with Gasteiger partial charge in [-0.3, -0.25) is 0 Å². The van der Waals surface area contributed by atoms with Crippen LogP contribution in [0, 0.1) is 5.92 Å². The lowest BCUT2D eigenvalue weighted by Crippen LogP contribution is -2.31. The van der Waals surface area contributed by atoms with Crippen molar-refractivity contribution in [2.75, 3.05) is 13.7 Å². The van der Waals surface area contributed by atoms with Crippen molar-refractivity contribution in [2.45, 2.75) is 38.2 Å². The molecule has 0 heterocycles. The van der Waals surface area contributed by atoms with E-state index in [0.717, 1.165) is 32.3 Å². The van der Waals surface area contributed by atoms with E-state index in [-0.39, 0.29) is 0 Å². The van der Waals surface area contributed by atoms with Gasteiger partial charge in [0.25, 0.3) is 0 Å². The zero-order chi connectivity index (χ0) is 8.32. The summed E-state index contributed by atoms with van der Waals surface area (Å²) in [6, 6.07) is 0. The minimum atomic E-state index is -0.399. The zero-order valence-electron chi connectivity index (χ0n) is 7.47. The summed E-state index contributed by atoms with van der Waals surface area (Å²) in [7, 11) is 1.74. The van der Waals surface area contributed by atoms with Crippen LogP contribution < -0.4 is 0 Å². The summed E-state index contributed by atoms with van der Waals surface area (Å²) in [6.45, 7) is 2.78. The van der Waals surface area contributed by atoms with E-state index in [2.05, 4.69) is 0 Å². The van der Waals surface area contributed by atoms with E-state index < -0.39 is 5.60 Å². The van der Waals surface area contributed by atoms with E-state index >= 15 is 0 Å². The summed E-state index contributed by atoms with van der Waals surface area (Å²) in [5.41, 5.74) is -0.399. The van der Waals surface area contributed by atoms with Gasteiger partial charge < -0.3 is 9.84 Å². The highest BCUT2D eigenvalue weighted by molar-refractivity contribution is 4.80. The second-order valence-corrected chi connectivity index (χ2v) is 3.90. The first-order chi connectivity index (χ1) is 5.14. The van der Waals surface area contributed by atoms with E-state index in [9.17, 15) is 5.11 Å². The van der Waals surface area contributed by atoms with Gasteiger partial charge in [-0.1, -0.05) is 0 Å². The normalized spacial score (nSPS) is 39.0. The molecular weight excluding hydrogens is 140 g/mol. The third kappa shape index (κ3) is 2.80. The second kappa shape index (κ2) is 3.55. The number of methoxy groups -OCH3 is 1. The third-order valence-electron chi connectivity index (χ3n) is 2.58. The van der Waals surface area contributed by atoms with Crippen LogP contribution >= 0.6 is 0 Å². The number of ether oxygens (including phenoxy) is 1. The summed E-state index contributed by atoms with van der Waals surface area (Å²) in [4.78, 5) is 0. The van der Waals surface area contributed by atoms with Gasteiger partial charge in [0.1, 0.15) is 0 Å². The first kappa shape index (κ1) is 9.01. The average molecular weight is 158 g/mol. The molecule has 0 spiro atoms. The van der Waals surface area contributed by atoms with Crippen molar-refractivity contribution in [3.8, 4) is 0 Å². The lowest BCUT2D eigenvalue weighted by molar-refractivity contribution is -0.00457. The molecule has 0 saturated heterocycles. The monoisotopic (exact) mass is 158 g/mol. The Labute approximate surface area is 68.6 Å². The predicted octanol–water partition coefficient (Wildman–Crippen LogP) is 1.57. The average Bonchev–Trinajstić information content (AvgIpc) is 1.94. The Bertz CT molecular complexity index is 111. The Hall–Kier alpha value is -0.0800. The molecule has 2 heteroatoms. The van der Waals surface area contributed by atoms with Gasteiger partial charge in [0.2, 0.25) is 0 Å². The van der Waals surface area contributed by atoms with Crippen LogP contribution in [-0.4, -0.2) is 24.4 Å². The number of hydrogen-bond donors (Lipinski definition) is 1. The van der Waals surface area contributed by atoms with Gasteiger partial charge in [-0.15, -0.1) is 0 Å². The number of aliphatic hydroxyl groups is 1. The summed E-state index contributed by atoms with van der Waals surface area (Å²) >= 11 is 0. The Morgan fingerprint density at radius 3 is 2.45 bits per heavy atom. The topological polar surface area (TPSA) is 29.5 Å². The maximum atomic E-state index is 9.62. The van der Waals surface area contributed by atoms with Gasteiger partial charge in [-0.25, -0.2) is 0 Å². The van der Waals surface area contributed by atoms with Gasteiger partial charge >= 0.3 is 0 Å². The van der Waals surface area contributed by atoms with Crippen molar-refractivity contribution in [3.05, 3.63) is 0 Å². The van der Waals surface area contributed by atoms with E-state index in [0.29, 0.717) is 5.92 Å². The summed E-state index contributed by atoms with van der Waals surface area (Å²) in [5.74, 6) is 0.681. The molecule has 0 aromatic rings. The van der Waals surface area contributed by atoms with Crippen LogP contribution in [-0.2, 0) is 4.74 Å². The Kier molecular flexibility index (Phi) is 2.90. The molecule has 1 rings (SSSR count). The van der Waals surface area contributed by atoms with Crippen molar-refractivity contribution in [1.29, 1.82) is 0 Å². The number of hydrogen-bond acceptors (Lipinski definition) is 2. The molecule has 0 amide bonds. The van der Waals surface area contributed by atoms with Crippen molar-refractivity contribution < 1.29 is 9.84 Å². The maximum absolute atomic E-state index is 9.62. The van der Waals surface area contributed by atoms with Crippen LogP contribution in [0.2, 0.25) is 0 Å². The van der Waals surface area contributed by atoms with Gasteiger partial charge in [0.05, 0.1) is 5.60 Å². The molecule has 0 aromatic carbocycles. The van der Waals surface area contributed by atoms with E-state index in [1.807, 2.05) is 6.92 Å². The van der Waals surface area contributed by atoms with Gasteiger partial charge in [-0.2, -0.15) is 0 Å². The fourth-order valence-electron chi connectivity index (χ4n) is 1.70. The van der Waals surface area contributed by atoms with E-state index in [4.69, 9.17) is 4.74 Å². The molecule has 0 bridgehead atoms. The molecule has 1 saturated carbocycles. The molecule has 66 valence electrons. The van der Waals surface area contributed by atoms with Crippen molar-refractivity contribution in [3.63, 3.8) is 0 Å². The van der Waals surface area contributed by atoms with Crippen molar-refractivity contribution in [2.24, 2.45) is 5.92 Å². The van der Waals surface area contributed by atoms with Gasteiger partial charge in [0.15, 0.2) is 0 Å². The summed E-state index contributed by atoms with van der Waals surface area (Å²) < 4.78 is 5.07. The van der Waals surface area contributed by atoms with Crippen LogP contribution in [0.3, 0.4) is 0 Å². The van der Waals surface area contributed by atoms with Crippen LogP contribution in [0.1, 0.15) is 32.6 Å². The molecule has 0 radical (unpaired) electrons. The highest BCUT2D eigenvalue weighted by Crippen LogP contribution is 2.31. The third-order valence-corrected chi connectivity index (χ3v) is 2.58. The van der Waals surface area contributed by atoms with Crippen LogP contribution in [0.5, 0.6) is 0 Å². The standard InChI is InChI=1S/C9H18O2/c1-9(10)5-3-8(4-6-9)7-11-2/h8,10H,3-7H2,1-2H3. The summed E-state index contributed by atoms with van der Waals surface area (Å²) in [6.07, 6.45) is 4.09. The van der Waals surface area contributed by atoms with E-state index in [1.54, 1.807) is 7.11 Å². The molecule has 0 aromatic heterocycles. The molecule has 1 fully saturated rings.